The number of rotatable bonds is 0. The monoisotopic (exact) mass is 195 g/mol. The van der Waals surface area contributed by atoms with E-state index in [0.29, 0.717) is 18.4 Å². The Bertz CT molecular complexity index is 234. The van der Waals surface area contributed by atoms with Gasteiger partial charge in [0, 0.05) is 12.5 Å². The van der Waals surface area contributed by atoms with Crippen molar-refractivity contribution in [2.24, 2.45) is 11.3 Å². The van der Waals surface area contributed by atoms with E-state index in [9.17, 15) is 4.79 Å². The van der Waals surface area contributed by atoms with E-state index < -0.39 is 0 Å². The molecule has 0 bridgehead atoms. The van der Waals surface area contributed by atoms with Crippen molar-refractivity contribution in [3.8, 4) is 0 Å². The lowest BCUT2D eigenvalue weighted by atomic mass is 9.68. The third kappa shape index (κ3) is 1.79. The number of carbonyl (C=O) groups excluding carboxylic acids is 1. The Morgan fingerprint density at radius 2 is 1.93 bits per heavy atom. The molecule has 1 saturated heterocycles. The van der Waals surface area contributed by atoms with Crippen molar-refractivity contribution in [3.05, 3.63) is 0 Å². The molecule has 0 aromatic carbocycles. The maximum absolute atomic E-state index is 11.5. The zero-order chi connectivity index (χ0) is 10.2. The summed E-state index contributed by atoms with van der Waals surface area (Å²) in [5.74, 6) is 0.973. The van der Waals surface area contributed by atoms with Gasteiger partial charge in [0.1, 0.15) is 0 Å². The number of nitrogens with one attached hydrogen (secondary N) is 1. The van der Waals surface area contributed by atoms with Crippen molar-refractivity contribution in [2.45, 2.75) is 58.4 Å². The van der Waals surface area contributed by atoms with E-state index >= 15 is 0 Å². The molecule has 1 aliphatic carbocycles. The van der Waals surface area contributed by atoms with Gasteiger partial charge in [-0.15, -0.1) is 0 Å². The average molecular weight is 195 g/mol. The number of hydrogen-bond donors (Lipinski definition) is 1. The normalized spacial score (nSPS) is 36.9. The van der Waals surface area contributed by atoms with E-state index in [2.05, 4.69) is 19.2 Å². The Kier molecular flexibility index (Phi) is 2.54. The van der Waals surface area contributed by atoms with Crippen LogP contribution in [-0.2, 0) is 4.79 Å². The largest absolute Gasteiger partial charge is 0.353 e. The fourth-order valence-electron chi connectivity index (χ4n) is 3.22. The van der Waals surface area contributed by atoms with Gasteiger partial charge in [-0.05, 0) is 24.2 Å². The molecule has 0 radical (unpaired) electrons. The van der Waals surface area contributed by atoms with Gasteiger partial charge < -0.3 is 5.32 Å². The topological polar surface area (TPSA) is 29.1 Å². The number of hydrogen-bond acceptors (Lipinski definition) is 1. The van der Waals surface area contributed by atoms with Gasteiger partial charge in [0.05, 0.1) is 0 Å². The second-order valence-electron chi connectivity index (χ2n) is 5.58. The SMILES string of the molecule is CC1(C)CC(=O)NC2CCCCCC21. The average Bonchev–Trinajstić information content (AvgIpc) is 2.27. The molecule has 1 aliphatic heterocycles. The predicted octanol–water partition coefficient (Wildman–Crippen LogP) is 2.48. The maximum atomic E-state index is 11.5. The van der Waals surface area contributed by atoms with E-state index in [1.165, 1.54) is 32.1 Å². The minimum Gasteiger partial charge on any atom is -0.353 e. The van der Waals surface area contributed by atoms with Gasteiger partial charge >= 0.3 is 0 Å². The Balaban J connectivity index is 2.17. The quantitative estimate of drug-likeness (QED) is 0.632. The summed E-state index contributed by atoms with van der Waals surface area (Å²) < 4.78 is 0. The minimum atomic E-state index is 0.220. The molecule has 2 unspecified atom stereocenters. The van der Waals surface area contributed by atoms with Crippen LogP contribution in [0.2, 0.25) is 0 Å². The van der Waals surface area contributed by atoms with Gasteiger partial charge in [0.25, 0.3) is 0 Å². The third-order valence-electron chi connectivity index (χ3n) is 3.98. The molecule has 0 aromatic rings. The molecule has 1 heterocycles. The molecule has 2 nitrogen and oxygen atoms in total. The first-order valence-electron chi connectivity index (χ1n) is 5.89. The lowest BCUT2D eigenvalue weighted by Gasteiger charge is -2.43. The van der Waals surface area contributed by atoms with Gasteiger partial charge in [0.15, 0.2) is 0 Å². The van der Waals surface area contributed by atoms with Crippen LogP contribution in [0.15, 0.2) is 0 Å². The molecule has 0 spiro atoms. The highest BCUT2D eigenvalue weighted by Gasteiger charge is 2.42. The van der Waals surface area contributed by atoms with Crippen LogP contribution in [0.5, 0.6) is 0 Å². The van der Waals surface area contributed by atoms with E-state index in [1.54, 1.807) is 0 Å². The van der Waals surface area contributed by atoms with Gasteiger partial charge in [0.2, 0.25) is 5.91 Å². The van der Waals surface area contributed by atoms with Crippen molar-refractivity contribution < 1.29 is 4.79 Å². The Morgan fingerprint density at radius 3 is 2.71 bits per heavy atom. The molecular formula is C12H21NO. The highest BCUT2D eigenvalue weighted by molar-refractivity contribution is 5.78. The smallest absolute Gasteiger partial charge is 0.220 e. The Labute approximate surface area is 86.5 Å². The summed E-state index contributed by atoms with van der Waals surface area (Å²) in [7, 11) is 0. The second kappa shape index (κ2) is 3.56. The number of fused-ring (bicyclic) bond motifs is 1. The van der Waals surface area contributed by atoms with Crippen LogP contribution in [0.3, 0.4) is 0 Å². The van der Waals surface area contributed by atoms with Crippen LogP contribution in [-0.4, -0.2) is 11.9 Å². The van der Waals surface area contributed by atoms with E-state index in [0.717, 1.165) is 0 Å². The first kappa shape index (κ1) is 10.0. The first-order valence-corrected chi connectivity index (χ1v) is 5.89. The Morgan fingerprint density at radius 1 is 1.21 bits per heavy atom. The molecule has 2 aliphatic rings. The van der Waals surface area contributed by atoms with E-state index in [-0.39, 0.29) is 11.3 Å². The van der Waals surface area contributed by atoms with Crippen LogP contribution in [0, 0.1) is 11.3 Å². The molecular weight excluding hydrogens is 174 g/mol. The first-order chi connectivity index (χ1) is 6.59. The molecule has 1 saturated carbocycles. The molecule has 80 valence electrons. The number of piperidine rings is 1. The van der Waals surface area contributed by atoms with Crippen LogP contribution < -0.4 is 5.32 Å². The summed E-state index contributed by atoms with van der Waals surface area (Å²) in [6, 6.07) is 0.466. The fourth-order valence-corrected chi connectivity index (χ4v) is 3.22. The van der Waals surface area contributed by atoms with Gasteiger partial charge in [-0.3, -0.25) is 4.79 Å². The molecule has 2 fully saturated rings. The predicted molar refractivity (Wildman–Crippen MR) is 56.9 cm³/mol. The summed E-state index contributed by atoms with van der Waals surface area (Å²) in [6.45, 7) is 4.52. The van der Waals surface area contributed by atoms with Crippen molar-refractivity contribution in [3.63, 3.8) is 0 Å². The van der Waals surface area contributed by atoms with Gasteiger partial charge in [-0.25, -0.2) is 0 Å². The van der Waals surface area contributed by atoms with Gasteiger partial charge in [-0.2, -0.15) is 0 Å². The molecule has 2 rings (SSSR count). The lowest BCUT2D eigenvalue weighted by molar-refractivity contribution is -0.129. The summed E-state index contributed by atoms with van der Waals surface area (Å²) in [5, 5.41) is 3.17. The standard InChI is InChI=1S/C12H21NO/c1-12(2)8-11(14)13-10-7-5-3-4-6-9(10)12/h9-10H,3-8H2,1-2H3,(H,13,14). The highest BCUT2D eigenvalue weighted by atomic mass is 16.1. The summed E-state index contributed by atoms with van der Waals surface area (Å²) in [5.41, 5.74) is 0.220. The van der Waals surface area contributed by atoms with Crippen LogP contribution in [0.4, 0.5) is 0 Å². The number of amides is 1. The van der Waals surface area contributed by atoms with Crippen LogP contribution in [0.1, 0.15) is 52.4 Å². The highest BCUT2D eigenvalue weighted by Crippen LogP contribution is 2.42. The third-order valence-corrected chi connectivity index (χ3v) is 3.98. The second-order valence-corrected chi connectivity index (χ2v) is 5.58. The summed E-state index contributed by atoms with van der Waals surface area (Å²) in [6.07, 6.45) is 7.20. The molecule has 2 atom stereocenters. The zero-order valence-electron chi connectivity index (χ0n) is 9.31. The minimum absolute atomic E-state index is 0.220. The van der Waals surface area contributed by atoms with Crippen LogP contribution in [0.25, 0.3) is 0 Å². The molecule has 1 N–H and O–H groups in total. The molecule has 0 aromatic heterocycles. The number of carbonyl (C=O) groups is 1. The molecule has 1 amide bonds. The fraction of sp³-hybridized carbons (Fsp3) is 0.917. The summed E-state index contributed by atoms with van der Waals surface area (Å²) >= 11 is 0. The van der Waals surface area contributed by atoms with Crippen molar-refractivity contribution in [1.82, 2.24) is 5.32 Å². The summed E-state index contributed by atoms with van der Waals surface area (Å²) in [4.78, 5) is 11.5. The van der Waals surface area contributed by atoms with Crippen LogP contribution >= 0.6 is 0 Å². The maximum Gasteiger partial charge on any atom is 0.220 e. The van der Waals surface area contributed by atoms with E-state index in [1.807, 2.05) is 0 Å². The molecule has 14 heavy (non-hydrogen) atoms. The Hall–Kier alpha value is -0.530. The van der Waals surface area contributed by atoms with Crippen molar-refractivity contribution in [1.29, 1.82) is 0 Å². The van der Waals surface area contributed by atoms with Crippen molar-refractivity contribution >= 4 is 5.91 Å². The van der Waals surface area contributed by atoms with E-state index in [4.69, 9.17) is 0 Å². The van der Waals surface area contributed by atoms with Crippen molar-refractivity contribution in [2.75, 3.05) is 0 Å². The molecule has 2 heteroatoms. The zero-order valence-corrected chi connectivity index (χ0v) is 9.31. The van der Waals surface area contributed by atoms with Gasteiger partial charge in [-0.1, -0.05) is 33.1 Å². The lowest BCUT2D eigenvalue weighted by Crippen LogP contribution is -2.52.